The molecule has 5 rings (SSSR count). The summed E-state index contributed by atoms with van der Waals surface area (Å²) in [6, 6.07) is 22.6. The fourth-order valence-electron chi connectivity index (χ4n) is 3.45. The number of hydrogen-bond acceptors (Lipinski definition) is 1. The SMILES string of the molecule is Cn1cnc2c3[c-]cccc3c3cc4ccccc4cc3c21.[Ir]. The third-order valence-corrected chi connectivity index (χ3v) is 4.46. The molecular weight excluding hydrogens is 460 g/mol. The molecule has 1 heterocycles. The van der Waals surface area contributed by atoms with Gasteiger partial charge in [0.2, 0.25) is 0 Å². The molecule has 0 unspecified atom stereocenters. The number of aromatic nitrogens is 2. The maximum absolute atomic E-state index is 4.61. The molecule has 2 nitrogen and oxygen atoms in total. The first-order valence-corrected chi connectivity index (χ1v) is 7.39. The van der Waals surface area contributed by atoms with Gasteiger partial charge in [-0.25, -0.2) is 0 Å². The zero-order valence-electron chi connectivity index (χ0n) is 12.5. The van der Waals surface area contributed by atoms with Crippen molar-refractivity contribution in [2.45, 2.75) is 0 Å². The molecule has 0 spiro atoms. The number of benzene rings is 4. The summed E-state index contributed by atoms with van der Waals surface area (Å²) in [6.07, 6.45) is 1.89. The smallest absolute Gasteiger partial charge is 0.0840 e. The molecule has 0 aliphatic carbocycles. The summed E-state index contributed by atoms with van der Waals surface area (Å²) < 4.78 is 2.10. The van der Waals surface area contributed by atoms with E-state index in [2.05, 4.69) is 65.1 Å². The normalized spacial score (nSPS) is 11.3. The van der Waals surface area contributed by atoms with Gasteiger partial charge in [-0.15, -0.1) is 29.7 Å². The first-order chi connectivity index (χ1) is 10.8. The van der Waals surface area contributed by atoms with Crippen LogP contribution in [0.2, 0.25) is 0 Å². The fourth-order valence-corrected chi connectivity index (χ4v) is 3.45. The van der Waals surface area contributed by atoms with Gasteiger partial charge in [0.15, 0.2) is 0 Å². The van der Waals surface area contributed by atoms with Crippen LogP contribution in [0, 0.1) is 6.07 Å². The largest absolute Gasteiger partial charge is 0.342 e. The van der Waals surface area contributed by atoms with Crippen molar-refractivity contribution in [1.29, 1.82) is 0 Å². The van der Waals surface area contributed by atoms with Crippen LogP contribution in [0.5, 0.6) is 0 Å². The van der Waals surface area contributed by atoms with E-state index in [-0.39, 0.29) is 20.1 Å². The van der Waals surface area contributed by atoms with Crippen LogP contribution in [0.15, 0.2) is 60.9 Å². The van der Waals surface area contributed by atoms with Crippen molar-refractivity contribution >= 4 is 43.4 Å². The second-order valence-electron chi connectivity index (χ2n) is 5.76. The van der Waals surface area contributed by atoms with E-state index in [1.807, 2.05) is 18.5 Å². The van der Waals surface area contributed by atoms with Crippen LogP contribution in [0.25, 0.3) is 43.4 Å². The van der Waals surface area contributed by atoms with E-state index in [4.69, 9.17) is 0 Å². The summed E-state index contributed by atoms with van der Waals surface area (Å²) >= 11 is 0. The van der Waals surface area contributed by atoms with Gasteiger partial charge in [0.25, 0.3) is 0 Å². The molecule has 4 aromatic carbocycles. The summed E-state index contributed by atoms with van der Waals surface area (Å²) in [5, 5.41) is 7.36. The zero-order valence-corrected chi connectivity index (χ0v) is 14.9. The average Bonchev–Trinajstić information content (AvgIpc) is 2.96. The standard InChI is InChI=1S/C20H13N2.Ir/c1-22-12-21-19-16-9-5-4-8-15(16)17-10-13-6-2-3-7-14(13)11-18(17)20(19)22;/h2-8,10-12H,1H3;/q-1;. The number of hydrogen-bond donors (Lipinski definition) is 0. The van der Waals surface area contributed by atoms with E-state index >= 15 is 0 Å². The van der Waals surface area contributed by atoms with Crippen LogP contribution in [0.3, 0.4) is 0 Å². The van der Waals surface area contributed by atoms with Crippen molar-refractivity contribution in [3.05, 3.63) is 67.0 Å². The fraction of sp³-hybridized carbons (Fsp3) is 0.0500. The van der Waals surface area contributed by atoms with Crippen molar-refractivity contribution in [3.63, 3.8) is 0 Å². The molecule has 3 heteroatoms. The molecule has 0 saturated heterocycles. The average molecular weight is 474 g/mol. The van der Waals surface area contributed by atoms with Crippen LogP contribution in [-0.2, 0) is 27.2 Å². The zero-order chi connectivity index (χ0) is 14.7. The molecule has 0 aliphatic rings. The summed E-state index contributed by atoms with van der Waals surface area (Å²) in [5.74, 6) is 0. The van der Waals surface area contributed by atoms with Crippen molar-refractivity contribution in [3.8, 4) is 0 Å². The Morgan fingerprint density at radius 2 is 1.65 bits per heavy atom. The Hall–Kier alpha value is -2.22. The van der Waals surface area contributed by atoms with E-state index in [1.54, 1.807) is 0 Å². The predicted octanol–water partition coefficient (Wildman–Crippen LogP) is 4.83. The van der Waals surface area contributed by atoms with Crippen molar-refractivity contribution in [1.82, 2.24) is 9.55 Å². The summed E-state index contributed by atoms with van der Waals surface area (Å²) in [7, 11) is 2.05. The number of nitrogens with zero attached hydrogens (tertiary/aromatic N) is 2. The number of aryl methyl sites for hydroxylation is 1. The molecule has 1 aromatic heterocycles. The maximum atomic E-state index is 4.61. The van der Waals surface area contributed by atoms with Gasteiger partial charge >= 0.3 is 0 Å². The quantitative estimate of drug-likeness (QED) is 0.179. The summed E-state index contributed by atoms with van der Waals surface area (Å²) in [6.45, 7) is 0. The molecule has 113 valence electrons. The van der Waals surface area contributed by atoms with Crippen molar-refractivity contribution in [2.75, 3.05) is 0 Å². The predicted molar refractivity (Wildman–Crippen MR) is 92.1 cm³/mol. The molecule has 0 N–H and O–H groups in total. The minimum Gasteiger partial charge on any atom is -0.342 e. The van der Waals surface area contributed by atoms with Crippen LogP contribution >= 0.6 is 0 Å². The number of imidazole rings is 1. The number of fused-ring (bicyclic) bond motifs is 7. The van der Waals surface area contributed by atoms with Gasteiger partial charge in [0.05, 0.1) is 6.33 Å². The molecule has 5 aromatic rings. The molecule has 23 heavy (non-hydrogen) atoms. The van der Waals surface area contributed by atoms with Crippen LogP contribution in [0.4, 0.5) is 0 Å². The van der Waals surface area contributed by atoms with Gasteiger partial charge in [-0.05, 0) is 22.2 Å². The van der Waals surface area contributed by atoms with Gasteiger partial charge < -0.3 is 4.57 Å². The third-order valence-electron chi connectivity index (χ3n) is 4.46. The Morgan fingerprint density at radius 1 is 0.913 bits per heavy atom. The second-order valence-corrected chi connectivity index (χ2v) is 5.76. The Balaban J connectivity index is 0.00000135. The molecule has 0 atom stereocenters. The maximum Gasteiger partial charge on any atom is 0.0840 e. The minimum absolute atomic E-state index is 0. The van der Waals surface area contributed by atoms with E-state index in [0.29, 0.717) is 0 Å². The monoisotopic (exact) mass is 474 g/mol. The number of rotatable bonds is 0. The summed E-state index contributed by atoms with van der Waals surface area (Å²) in [5.41, 5.74) is 2.21. The van der Waals surface area contributed by atoms with Gasteiger partial charge in [0.1, 0.15) is 0 Å². The summed E-state index contributed by atoms with van der Waals surface area (Å²) in [4.78, 5) is 4.61. The topological polar surface area (TPSA) is 17.8 Å². The van der Waals surface area contributed by atoms with E-state index in [1.165, 1.54) is 32.4 Å². The van der Waals surface area contributed by atoms with E-state index in [0.717, 1.165) is 10.9 Å². The van der Waals surface area contributed by atoms with Gasteiger partial charge in [-0.1, -0.05) is 41.1 Å². The molecular formula is C20H13IrN2-. The van der Waals surface area contributed by atoms with Crippen LogP contribution < -0.4 is 0 Å². The molecule has 0 bridgehead atoms. The van der Waals surface area contributed by atoms with E-state index < -0.39 is 0 Å². The van der Waals surface area contributed by atoms with Crippen molar-refractivity contribution < 1.29 is 20.1 Å². The first-order valence-electron chi connectivity index (χ1n) is 7.39. The minimum atomic E-state index is 0. The molecule has 0 saturated carbocycles. The van der Waals surface area contributed by atoms with E-state index in [9.17, 15) is 0 Å². The van der Waals surface area contributed by atoms with Crippen LogP contribution in [0.1, 0.15) is 0 Å². The Morgan fingerprint density at radius 3 is 2.43 bits per heavy atom. The Bertz CT molecular complexity index is 1190. The molecule has 0 fully saturated rings. The van der Waals surface area contributed by atoms with Crippen molar-refractivity contribution in [2.24, 2.45) is 7.05 Å². The Labute approximate surface area is 147 Å². The molecule has 0 amide bonds. The second kappa shape index (κ2) is 5.16. The third kappa shape index (κ3) is 1.94. The Kier molecular flexibility index (Phi) is 3.22. The molecule has 0 aliphatic heterocycles. The molecule has 1 radical (unpaired) electrons. The first kappa shape index (κ1) is 14.4. The van der Waals surface area contributed by atoms with Crippen LogP contribution in [-0.4, -0.2) is 9.55 Å². The van der Waals surface area contributed by atoms with Gasteiger partial charge in [0, 0.05) is 38.2 Å². The van der Waals surface area contributed by atoms with Gasteiger partial charge in [-0.3, -0.25) is 4.98 Å². The van der Waals surface area contributed by atoms with Gasteiger partial charge in [-0.2, -0.15) is 0 Å².